The number of nitrogens with one attached hydrogen (secondary N) is 4. The number of fused-ring (bicyclic) bond motifs is 3. The summed E-state index contributed by atoms with van der Waals surface area (Å²) in [5.74, 6) is -1.36. The number of esters is 1. The van der Waals surface area contributed by atoms with E-state index in [2.05, 4.69) is 21.2 Å². The Morgan fingerprint density at radius 3 is 2.62 bits per heavy atom. The molecule has 1 aliphatic heterocycles. The van der Waals surface area contributed by atoms with Gasteiger partial charge in [0.2, 0.25) is 0 Å². The monoisotopic (exact) mass is 463 g/mol. The summed E-state index contributed by atoms with van der Waals surface area (Å²) < 4.78 is 5.19. The lowest BCUT2D eigenvalue weighted by molar-refractivity contribution is -0.145. The first-order valence-electron chi connectivity index (χ1n) is 11.3. The van der Waals surface area contributed by atoms with Crippen LogP contribution in [0.15, 0.2) is 54.6 Å². The van der Waals surface area contributed by atoms with Crippen LogP contribution in [0.25, 0.3) is 10.9 Å². The highest BCUT2D eigenvalue weighted by atomic mass is 16.5. The fourth-order valence-electron chi connectivity index (χ4n) is 4.14. The van der Waals surface area contributed by atoms with E-state index in [9.17, 15) is 14.4 Å². The molecular formula is C25H29N5O4. The third-order valence-corrected chi connectivity index (χ3v) is 6.00. The summed E-state index contributed by atoms with van der Waals surface area (Å²) in [5.41, 5.74) is 14.8. The molecule has 0 saturated carbocycles. The lowest BCUT2D eigenvalue weighted by Crippen LogP contribution is -2.56. The van der Waals surface area contributed by atoms with Gasteiger partial charge in [-0.05, 0) is 37.0 Å². The van der Waals surface area contributed by atoms with E-state index in [1.54, 1.807) is 0 Å². The molecule has 9 heteroatoms. The zero-order chi connectivity index (χ0) is 24.1. The van der Waals surface area contributed by atoms with Crippen LogP contribution in [0.2, 0.25) is 0 Å². The largest absolute Gasteiger partial charge is 0.461 e. The molecule has 6 N–H and O–H groups in total. The highest BCUT2D eigenvalue weighted by Gasteiger charge is 2.31. The van der Waals surface area contributed by atoms with Crippen LogP contribution in [0.4, 0.5) is 0 Å². The highest BCUT2D eigenvalue weighted by Crippen LogP contribution is 2.31. The number of H-pyrrole nitrogens is 1. The average Bonchev–Trinajstić information content (AvgIpc) is 3.24. The number of hydrogen-bond acceptors (Lipinski definition) is 6. The molecule has 4 rings (SSSR count). The normalized spacial score (nSPS) is 18.1. The Bertz CT molecular complexity index is 1180. The number of aromatic nitrogens is 1. The summed E-state index contributed by atoms with van der Waals surface area (Å²) >= 11 is 0. The van der Waals surface area contributed by atoms with Gasteiger partial charge in [-0.15, -0.1) is 0 Å². The molecule has 0 saturated heterocycles. The Kier molecular flexibility index (Phi) is 7.24. The summed E-state index contributed by atoms with van der Waals surface area (Å²) in [6, 6.07) is 15.8. The third kappa shape index (κ3) is 5.44. The van der Waals surface area contributed by atoms with Gasteiger partial charge in [0.15, 0.2) is 0 Å². The number of carbonyl (C=O) groups is 3. The van der Waals surface area contributed by atoms with Gasteiger partial charge in [0, 0.05) is 29.1 Å². The zero-order valence-electron chi connectivity index (χ0n) is 19.0. The lowest BCUT2D eigenvalue weighted by Gasteiger charge is -2.28. The number of para-hydroxylation sites is 1. The number of amides is 2. The van der Waals surface area contributed by atoms with Crippen LogP contribution in [-0.4, -0.2) is 34.9 Å². The van der Waals surface area contributed by atoms with Gasteiger partial charge in [0.1, 0.15) is 6.61 Å². The second-order valence-electron chi connectivity index (χ2n) is 8.48. The fourth-order valence-corrected chi connectivity index (χ4v) is 4.14. The first-order valence-corrected chi connectivity index (χ1v) is 11.3. The van der Waals surface area contributed by atoms with Crippen LogP contribution >= 0.6 is 0 Å². The van der Waals surface area contributed by atoms with Crippen molar-refractivity contribution < 1.29 is 19.1 Å². The summed E-state index contributed by atoms with van der Waals surface area (Å²) in [5, 5.41) is 4.36. The van der Waals surface area contributed by atoms with Crippen LogP contribution in [0.1, 0.15) is 42.6 Å². The average molecular weight is 464 g/mol. The van der Waals surface area contributed by atoms with E-state index in [1.165, 1.54) is 0 Å². The zero-order valence-corrected chi connectivity index (χ0v) is 19.0. The van der Waals surface area contributed by atoms with E-state index < -0.39 is 24.0 Å². The number of nitrogens with two attached hydrogens (primary N) is 1. The van der Waals surface area contributed by atoms with E-state index in [0.717, 1.165) is 27.7 Å². The molecule has 1 aliphatic rings. The molecule has 3 aromatic rings. The van der Waals surface area contributed by atoms with Crippen molar-refractivity contribution in [3.05, 3.63) is 71.4 Å². The summed E-state index contributed by atoms with van der Waals surface area (Å²) in [7, 11) is 0. The summed E-state index contributed by atoms with van der Waals surface area (Å²) in [6.07, 6.45) is 0.595. The molecule has 2 amide bonds. The van der Waals surface area contributed by atoms with Gasteiger partial charge >= 0.3 is 5.97 Å². The number of ether oxygens (including phenoxy) is 1. The van der Waals surface area contributed by atoms with E-state index in [1.807, 2.05) is 61.5 Å². The van der Waals surface area contributed by atoms with Gasteiger partial charge in [-0.3, -0.25) is 30.6 Å². The van der Waals surface area contributed by atoms with Crippen molar-refractivity contribution >= 4 is 28.7 Å². The molecule has 9 nitrogen and oxygen atoms in total. The van der Waals surface area contributed by atoms with Crippen molar-refractivity contribution in [2.75, 3.05) is 0 Å². The number of rotatable bonds is 7. The first-order chi connectivity index (χ1) is 16.4. The minimum absolute atomic E-state index is 0.000399. The number of hydrogen-bond donors (Lipinski definition) is 5. The molecule has 178 valence electrons. The Morgan fingerprint density at radius 2 is 1.82 bits per heavy atom. The van der Waals surface area contributed by atoms with Crippen molar-refractivity contribution in [1.82, 2.24) is 21.2 Å². The van der Waals surface area contributed by atoms with Crippen molar-refractivity contribution in [3.63, 3.8) is 0 Å². The molecule has 0 spiro atoms. The van der Waals surface area contributed by atoms with Gasteiger partial charge in [0.25, 0.3) is 11.8 Å². The molecule has 0 aliphatic carbocycles. The SMILES string of the molecule is C[C@@H]1N[C@H](C(=O)NNC(=O)[C@@H](N)CCC(=O)OCc2ccccc2)Cc2c1[nH]c1ccccc21. The van der Waals surface area contributed by atoms with E-state index in [-0.39, 0.29) is 31.4 Å². The molecule has 34 heavy (non-hydrogen) atoms. The summed E-state index contributed by atoms with van der Waals surface area (Å²) in [6.45, 7) is 2.15. The number of aromatic amines is 1. The summed E-state index contributed by atoms with van der Waals surface area (Å²) in [4.78, 5) is 40.3. The molecule has 0 bridgehead atoms. The topological polar surface area (TPSA) is 138 Å². The fraction of sp³-hybridized carbons (Fsp3) is 0.320. The van der Waals surface area contributed by atoms with Gasteiger partial charge in [-0.1, -0.05) is 48.5 Å². The van der Waals surface area contributed by atoms with Crippen molar-refractivity contribution in [3.8, 4) is 0 Å². The second kappa shape index (κ2) is 10.5. The quantitative estimate of drug-likeness (QED) is 0.267. The van der Waals surface area contributed by atoms with Gasteiger partial charge in [-0.2, -0.15) is 0 Å². The van der Waals surface area contributed by atoms with Crippen molar-refractivity contribution in [1.29, 1.82) is 0 Å². The highest BCUT2D eigenvalue weighted by molar-refractivity contribution is 5.90. The van der Waals surface area contributed by atoms with Crippen LogP contribution < -0.4 is 21.9 Å². The Labute approximate surface area is 197 Å². The Hall–Kier alpha value is -3.69. The number of carbonyl (C=O) groups excluding carboxylic acids is 3. The van der Waals surface area contributed by atoms with E-state index in [4.69, 9.17) is 10.5 Å². The molecule has 2 heterocycles. The van der Waals surface area contributed by atoms with Crippen LogP contribution in [0.5, 0.6) is 0 Å². The smallest absolute Gasteiger partial charge is 0.306 e. The standard InChI is InChI=1S/C25H29N5O4/c1-15-23-18(17-9-5-6-10-20(17)28-23)13-21(27-15)25(33)30-29-24(32)19(26)11-12-22(31)34-14-16-7-3-2-4-8-16/h2-10,15,19,21,27-28H,11-14,26H2,1H3,(H,29,32)(H,30,33)/t15-,19-,21-/m0/s1. The molecule has 0 unspecified atom stereocenters. The maximum atomic E-state index is 12.7. The molecule has 0 radical (unpaired) electrons. The number of benzene rings is 2. The molecule has 1 aromatic heterocycles. The maximum absolute atomic E-state index is 12.7. The van der Waals surface area contributed by atoms with E-state index >= 15 is 0 Å². The molecule has 0 fully saturated rings. The molecule has 2 aromatic carbocycles. The van der Waals surface area contributed by atoms with Crippen LogP contribution in [-0.2, 0) is 32.1 Å². The Morgan fingerprint density at radius 1 is 1.09 bits per heavy atom. The third-order valence-electron chi connectivity index (χ3n) is 6.00. The maximum Gasteiger partial charge on any atom is 0.306 e. The Balaban J connectivity index is 1.22. The predicted molar refractivity (Wildman–Crippen MR) is 127 cm³/mol. The van der Waals surface area contributed by atoms with Crippen molar-refractivity contribution in [2.24, 2.45) is 5.73 Å². The molecule has 3 atom stereocenters. The van der Waals surface area contributed by atoms with Crippen LogP contribution in [0, 0.1) is 0 Å². The van der Waals surface area contributed by atoms with E-state index in [0.29, 0.717) is 6.42 Å². The lowest BCUT2D eigenvalue weighted by atomic mass is 9.94. The van der Waals surface area contributed by atoms with Crippen molar-refractivity contribution in [2.45, 2.75) is 50.9 Å². The van der Waals surface area contributed by atoms with Gasteiger partial charge in [-0.25, -0.2) is 0 Å². The second-order valence-corrected chi connectivity index (χ2v) is 8.48. The predicted octanol–water partition coefficient (Wildman–Crippen LogP) is 1.74. The first kappa shape index (κ1) is 23.5. The molecular weight excluding hydrogens is 434 g/mol. The van der Waals surface area contributed by atoms with Gasteiger partial charge < -0.3 is 15.5 Å². The number of hydrazine groups is 1. The minimum atomic E-state index is -0.956. The van der Waals surface area contributed by atoms with Crippen LogP contribution in [0.3, 0.4) is 0 Å². The minimum Gasteiger partial charge on any atom is -0.461 e. The van der Waals surface area contributed by atoms with Gasteiger partial charge in [0.05, 0.1) is 12.1 Å².